The first kappa shape index (κ1) is 28.9. The van der Waals surface area contributed by atoms with E-state index in [2.05, 4.69) is 24.5 Å². The van der Waals surface area contributed by atoms with E-state index in [1.165, 1.54) is 0 Å². The number of aliphatic hydroxyl groups is 1. The minimum Gasteiger partial charge on any atom is -0.390 e. The lowest BCUT2D eigenvalue weighted by Crippen LogP contribution is -2.50. The highest BCUT2D eigenvalue weighted by Crippen LogP contribution is 2.31. The second-order valence-electron chi connectivity index (χ2n) is 10.6. The summed E-state index contributed by atoms with van der Waals surface area (Å²) in [7, 11) is -3.36. The van der Waals surface area contributed by atoms with E-state index in [-0.39, 0.29) is 36.0 Å². The predicted molar refractivity (Wildman–Crippen MR) is 147 cm³/mol. The zero-order valence-electron chi connectivity index (χ0n) is 22.2. The van der Waals surface area contributed by atoms with Gasteiger partial charge in [0.15, 0.2) is 9.84 Å². The second kappa shape index (κ2) is 11.9. The average molecular weight is 557 g/mol. The summed E-state index contributed by atoms with van der Waals surface area (Å²) < 4.78 is 53.0. The molecule has 1 aliphatic rings. The van der Waals surface area contributed by atoms with Gasteiger partial charge < -0.3 is 15.7 Å². The van der Waals surface area contributed by atoms with Gasteiger partial charge in [0, 0.05) is 24.2 Å². The summed E-state index contributed by atoms with van der Waals surface area (Å²) in [4.78, 5) is 13.0. The molecule has 0 aliphatic carbocycles. The van der Waals surface area contributed by atoms with Crippen molar-refractivity contribution in [1.82, 2.24) is 10.6 Å². The number of aliphatic hydroxyl groups excluding tert-OH is 1. The highest BCUT2D eigenvalue weighted by atomic mass is 32.2. The maximum absolute atomic E-state index is 13.9. The summed E-state index contributed by atoms with van der Waals surface area (Å²) >= 11 is 0. The number of aryl methyl sites for hydroxylation is 1. The Morgan fingerprint density at radius 1 is 1.05 bits per heavy atom. The highest BCUT2D eigenvalue weighted by Gasteiger charge is 2.31. The van der Waals surface area contributed by atoms with Crippen LogP contribution in [-0.2, 0) is 22.0 Å². The lowest BCUT2D eigenvalue weighted by atomic mass is 9.94. The minimum absolute atomic E-state index is 0.0356. The molecular formula is C30H34F2N2O4S. The van der Waals surface area contributed by atoms with E-state index in [1.54, 1.807) is 18.2 Å². The van der Waals surface area contributed by atoms with E-state index in [0.717, 1.165) is 40.5 Å². The van der Waals surface area contributed by atoms with Crippen LogP contribution in [0.15, 0.2) is 60.7 Å². The van der Waals surface area contributed by atoms with Gasteiger partial charge in [-0.15, -0.1) is 0 Å². The first-order valence-corrected chi connectivity index (χ1v) is 14.8. The zero-order valence-corrected chi connectivity index (χ0v) is 23.1. The molecule has 0 radical (unpaired) electrons. The van der Waals surface area contributed by atoms with Gasteiger partial charge in [-0.2, -0.15) is 0 Å². The van der Waals surface area contributed by atoms with Crippen molar-refractivity contribution in [3.05, 3.63) is 106 Å². The predicted octanol–water partition coefficient (Wildman–Crippen LogP) is 4.36. The van der Waals surface area contributed by atoms with Crippen LogP contribution in [0.4, 0.5) is 8.78 Å². The van der Waals surface area contributed by atoms with Gasteiger partial charge in [-0.25, -0.2) is 17.2 Å². The Hall–Kier alpha value is -3.14. The third-order valence-corrected chi connectivity index (χ3v) is 8.61. The Morgan fingerprint density at radius 2 is 1.77 bits per heavy atom. The van der Waals surface area contributed by atoms with E-state index in [1.807, 2.05) is 31.2 Å². The monoisotopic (exact) mass is 556 g/mol. The molecule has 0 saturated carbocycles. The number of benzene rings is 3. The van der Waals surface area contributed by atoms with Crippen molar-refractivity contribution in [2.24, 2.45) is 0 Å². The number of sulfone groups is 1. The molecule has 0 aromatic heterocycles. The first-order chi connectivity index (χ1) is 18.4. The van der Waals surface area contributed by atoms with Gasteiger partial charge in [0.25, 0.3) is 5.91 Å². The molecule has 9 heteroatoms. The number of halogens is 2. The molecule has 1 heterocycles. The van der Waals surface area contributed by atoms with E-state index < -0.39 is 45.6 Å². The molecule has 3 unspecified atom stereocenters. The van der Waals surface area contributed by atoms with Gasteiger partial charge in [0.1, 0.15) is 11.6 Å². The standard InChI is InChI=1S/C30H34F2N2O4S/c1-18(2)21-7-8-23-16-39(37,38)17-28(26(23)13-21)33-15-29(35)27(12-20-10-24(31)14-25(32)11-20)34-30(36)22-6-4-5-19(3)9-22/h4-11,13-14,18,27-29,33,35H,12,15-17H2,1-3H3,(H,34,36). The lowest BCUT2D eigenvalue weighted by molar-refractivity contribution is 0.0825. The minimum atomic E-state index is -3.36. The van der Waals surface area contributed by atoms with E-state index in [0.29, 0.717) is 5.56 Å². The van der Waals surface area contributed by atoms with Crippen LogP contribution >= 0.6 is 0 Å². The largest absolute Gasteiger partial charge is 0.390 e. The molecule has 208 valence electrons. The summed E-state index contributed by atoms with van der Waals surface area (Å²) in [6.07, 6.45) is -1.22. The molecule has 6 nitrogen and oxygen atoms in total. The first-order valence-electron chi connectivity index (χ1n) is 13.0. The summed E-state index contributed by atoms with van der Waals surface area (Å²) in [5, 5.41) is 17.2. The van der Waals surface area contributed by atoms with E-state index in [4.69, 9.17) is 0 Å². The van der Waals surface area contributed by atoms with Gasteiger partial charge in [0.2, 0.25) is 0 Å². The lowest BCUT2D eigenvalue weighted by Gasteiger charge is -2.30. The van der Waals surface area contributed by atoms with Crippen LogP contribution in [0.5, 0.6) is 0 Å². The van der Waals surface area contributed by atoms with Crippen LogP contribution in [0.3, 0.4) is 0 Å². The Bertz CT molecular complexity index is 1440. The van der Waals surface area contributed by atoms with Crippen LogP contribution in [0.2, 0.25) is 0 Å². The molecule has 0 spiro atoms. The van der Waals surface area contributed by atoms with Gasteiger partial charge in [-0.3, -0.25) is 4.79 Å². The SMILES string of the molecule is Cc1cccc(C(=O)NC(Cc2cc(F)cc(F)c2)C(O)CNC2CS(=O)(=O)Cc3ccc(C(C)C)cc32)c1. The van der Waals surface area contributed by atoms with Gasteiger partial charge >= 0.3 is 0 Å². The summed E-state index contributed by atoms with van der Waals surface area (Å²) in [6.45, 7) is 5.92. The second-order valence-corrected chi connectivity index (χ2v) is 12.7. The fraction of sp³-hybridized carbons (Fsp3) is 0.367. The average Bonchev–Trinajstić information content (AvgIpc) is 2.85. The van der Waals surface area contributed by atoms with Gasteiger partial charge in [-0.05, 0) is 65.8 Å². The Kier molecular flexibility index (Phi) is 8.83. The highest BCUT2D eigenvalue weighted by molar-refractivity contribution is 7.90. The molecule has 4 rings (SSSR count). The van der Waals surface area contributed by atoms with Crippen LogP contribution in [0, 0.1) is 18.6 Å². The number of fused-ring (bicyclic) bond motifs is 1. The molecule has 0 bridgehead atoms. The Labute approximate surface area is 228 Å². The molecule has 3 atom stereocenters. The number of carbonyl (C=O) groups excluding carboxylic acids is 1. The topological polar surface area (TPSA) is 95.5 Å². The summed E-state index contributed by atoms with van der Waals surface area (Å²) in [6, 6.07) is 14.3. The van der Waals surface area contributed by atoms with Crippen molar-refractivity contribution in [3.8, 4) is 0 Å². The molecule has 0 fully saturated rings. The Balaban J connectivity index is 1.56. The fourth-order valence-corrected chi connectivity index (χ4v) is 6.61. The number of hydrogen-bond donors (Lipinski definition) is 3. The zero-order chi connectivity index (χ0) is 28.3. The molecule has 39 heavy (non-hydrogen) atoms. The number of rotatable bonds is 9. The maximum Gasteiger partial charge on any atom is 0.251 e. The molecule has 3 aromatic carbocycles. The van der Waals surface area contributed by atoms with Crippen molar-refractivity contribution < 1.29 is 27.1 Å². The van der Waals surface area contributed by atoms with Crippen molar-refractivity contribution >= 4 is 15.7 Å². The maximum atomic E-state index is 13.9. The number of carbonyl (C=O) groups is 1. The number of nitrogens with one attached hydrogen (secondary N) is 2. The molecule has 0 saturated heterocycles. The molecular weight excluding hydrogens is 522 g/mol. The van der Waals surface area contributed by atoms with Crippen molar-refractivity contribution in [3.63, 3.8) is 0 Å². The van der Waals surface area contributed by atoms with Crippen molar-refractivity contribution in [2.75, 3.05) is 12.3 Å². The third kappa shape index (κ3) is 7.50. The molecule has 3 N–H and O–H groups in total. The number of hydrogen-bond acceptors (Lipinski definition) is 5. The normalized spacial score (nSPS) is 17.9. The smallest absolute Gasteiger partial charge is 0.251 e. The molecule has 1 amide bonds. The van der Waals surface area contributed by atoms with Crippen LogP contribution < -0.4 is 10.6 Å². The van der Waals surface area contributed by atoms with E-state index >= 15 is 0 Å². The van der Waals surface area contributed by atoms with Crippen LogP contribution in [-0.4, -0.2) is 43.9 Å². The fourth-order valence-electron chi connectivity index (χ4n) is 4.95. The van der Waals surface area contributed by atoms with E-state index in [9.17, 15) is 27.1 Å². The molecule has 3 aromatic rings. The number of amides is 1. The summed E-state index contributed by atoms with van der Waals surface area (Å²) in [5.74, 6) is -1.86. The van der Waals surface area contributed by atoms with Crippen LogP contribution in [0.25, 0.3) is 0 Å². The summed E-state index contributed by atoms with van der Waals surface area (Å²) in [5.41, 5.74) is 4.21. The van der Waals surface area contributed by atoms with Crippen LogP contribution in [0.1, 0.15) is 64.0 Å². The quantitative estimate of drug-likeness (QED) is 0.364. The van der Waals surface area contributed by atoms with Crippen molar-refractivity contribution in [2.45, 2.75) is 57.1 Å². The van der Waals surface area contributed by atoms with Gasteiger partial charge in [0.05, 0.1) is 23.7 Å². The van der Waals surface area contributed by atoms with Crippen molar-refractivity contribution in [1.29, 1.82) is 0 Å². The van der Waals surface area contributed by atoms with Gasteiger partial charge in [-0.1, -0.05) is 49.7 Å². The third-order valence-electron chi connectivity index (χ3n) is 7.02. The molecule has 1 aliphatic heterocycles. The Morgan fingerprint density at radius 3 is 2.44 bits per heavy atom.